The molecule has 0 aliphatic rings. The molecule has 1 aromatic carbocycles. The molecule has 8 nitrogen and oxygen atoms in total. The van der Waals surface area contributed by atoms with E-state index in [-0.39, 0.29) is 0 Å². The fraction of sp³-hybridized carbons (Fsp3) is 0.500. The Morgan fingerprint density at radius 1 is 1.19 bits per heavy atom. The summed E-state index contributed by atoms with van der Waals surface area (Å²) in [5.74, 6) is 2.62. The first-order valence-corrected chi connectivity index (χ1v) is 8.66. The van der Waals surface area contributed by atoms with Gasteiger partial charge in [0, 0.05) is 32.7 Å². The van der Waals surface area contributed by atoms with Gasteiger partial charge in [0.2, 0.25) is 5.89 Å². The molecule has 1 aromatic heterocycles. The summed E-state index contributed by atoms with van der Waals surface area (Å²) >= 11 is 0. The first kappa shape index (κ1) is 19.7. The molecular weight excluding hydrogens is 334 g/mol. The molecule has 2 N–H and O–H groups in total. The molecule has 0 spiro atoms. The van der Waals surface area contributed by atoms with Gasteiger partial charge in [-0.05, 0) is 25.5 Å². The zero-order valence-corrected chi connectivity index (χ0v) is 15.8. The van der Waals surface area contributed by atoms with Crippen LogP contribution in [0.25, 0.3) is 0 Å². The lowest BCUT2D eigenvalue weighted by Gasteiger charge is -2.15. The van der Waals surface area contributed by atoms with E-state index in [2.05, 4.69) is 31.8 Å². The number of aliphatic imine (C=N–C) groups is 1. The van der Waals surface area contributed by atoms with E-state index in [0.717, 1.165) is 16.9 Å². The van der Waals surface area contributed by atoms with Crippen LogP contribution in [0.3, 0.4) is 0 Å². The van der Waals surface area contributed by atoms with E-state index in [0.29, 0.717) is 50.6 Å². The lowest BCUT2D eigenvalue weighted by molar-refractivity contribution is 0.110. The van der Waals surface area contributed by atoms with Gasteiger partial charge in [0.15, 0.2) is 11.8 Å². The molecule has 8 heteroatoms. The molecule has 0 radical (unpaired) electrons. The van der Waals surface area contributed by atoms with Gasteiger partial charge in [-0.25, -0.2) is 0 Å². The third-order valence-electron chi connectivity index (χ3n) is 3.57. The predicted molar refractivity (Wildman–Crippen MR) is 99.2 cm³/mol. The topological polar surface area (TPSA) is 93.8 Å². The van der Waals surface area contributed by atoms with Crippen LogP contribution in [0.1, 0.15) is 29.8 Å². The summed E-state index contributed by atoms with van der Waals surface area (Å²) in [6.07, 6.45) is 0. The molecule has 0 saturated heterocycles. The van der Waals surface area contributed by atoms with Crippen molar-refractivity contribution in [2.24, 2.45) is 4.99 Å². The fourth-order valence-corrected chi connectivity index (χ4v) is 2.27. The number of aromatic nitrogens is 2. The van der Waals surface area contributed by atoms with E-state index in [1.807, 2.05) is 26.0 Å². The van der Waals surface area contributed by atoms with E-state index in [9.17, 15) is 0 Å². The number of benzene rings is 1. The van der Waals surface area contributed by atoms with E-state index >= 15 is 0 Å². The van der Waals surface area contributed by atoms with E-state index in [4.69, 9.17) is 14.0 Å². The molecule has 0 aliphatic heterocycles. The lowest BCUT2D eigenvalue weighted by Crippen LogP contribution is -2.36. The van der Waals surface area contributed by atoms with Crippen molar-refractivity contribution in [1.29, 1.82) is 0 Å². The molecule has 1 heterocycles. The normalized spacial score (nSPS) is 11.5. The molecule has 0 saturated carbocycles. The smallest absolute Gasteiger partial charge is 0.223 e. The Morgan fingerprint density at radius 3 is 2.69 bits per heavy atom. The van der Waals surface area contributed by atoms with Crippen molar-refractivity contribution in [2.75, 3.05) is 26.9 Å². The summed E-state index contributed by atoms with van der Waals surface area (Å²) in [4.78, 5) is 8.36. The molecule has 26 heavy (non-hydrogen) atoms. The quantitative estimate of drug-likeness (QED) is 0.401. The van der Waals surface area contributed by atoms with Crippen molar-refractivity contribution in [3.63, 3.8) is 0 Å². The van der Waals surface area contributed by atoms with Crippen LogP contribution in [-0.2, 0) is 17.8 Å². The monoisotopic (exact) mass is 361 g/mol. The van der Waals surface area contributed by atoms with Crippen molar-refractivity contribution >= 4 is 5.96 Å². The van der Waals surface area contributed by atoms with Gasteiger partial charge < -0.3 is 24.6 Å². The number of nitrogens with zero attached hydrogens (tertiary/aromatic N) is 3. The summed E-state index contributed by atoms with van der Waals surface area (Å²) in [5.41, 5.74) is 2.19. The maximum atomic E-state index is 5.86. The molecule has 0 fully saturated rings. The van der Waals surface area contributed by atoms with Gasteiger partial charge in [0.05, 0.1) is 13.2 Å². The third kappa shape index (κ3) is 6.36. The summed E-state index contributed by atoms with van der Waals surface area (Å²) in [6, 6.07) is 6.14. The number of rotatable bonds is 9. The van der Waals surface area contributed by atoms with Gasteiger partial charge in [0.25, 0.3) is 0 Å². The first-order valence-electron chi connectivity index (χ1n) is 8.66. The Kier molecular flexibility index (Phi) is 7.88. The van der Waals surface area contributed by atoms with Crippen LogP contribution < -0.4 is 15.4 Å². The van der Waals surface area contributed by atoms with Crippen LogP contribution in [0, 0.1) is 13.8 Å². The lowest BCUT2D eigenvalue weighted by atomic mass is 10.1. The van der Waals surface area contributed by atoms with Gasteiger partial charge in [-0.2, -0.15) is 4.98 Å². The number of hydrogen-bond acceptors (Lipinski definition) is 6. The maximum Gasteiger partial charge on any atom is 0.223 e. The highest BCUT2D eigenvalue weighted by atomic mass is 16.5. The largest absolute Gasteiger partial charge is 0.491 e. The number of guanidine groups is 1. The highest BCUT2D eigenvalue weighted by molar-refractivity contribution is 5.79. The average molecular weight is 361 g/mol. The first-order chi connectivity index (χ1) is 12.6. The van der Waals surface area contributed by atoms with E-state index in [1.165, 1.54) is 0 Å². The Hall–Kier alpha value is -2.61. The molecule has 0 atom stereocenters. The summed E-state index contributed by atoms with van der Waals surface area (Å²) in [6.45, 7) is 8.56. The second kappa shape index (κ2) is 10.4. The van der Waals surface area contributed by atoms with Gasteiger partial charge in [-0.1, -0.05) is 17.3 Å². The van der Waals surface area contributed by atoms with Crippen LogP contribution in [0.4, 0.5) is 0 Å². The standard InChI is InChI=1S/C18H27N5O3/c1-5-24-8-9-25-16-10-13(2)6-7-15(16)11-20-18(19-4)21-12-17-22-14(3)26-23-17/h6-7,10H,5,8-9,11-12H2,1-4H3,(H2,19,20,21). The van der Waals surface area contributed by atoms with Crippen LogP contribution in [0.2, 0.25) is 0 Å². The second-order valence-electron chi connectivity index (χ2n) is 5.67. The highest BCUT2D eigenvalue weighted by Gasteiger charge is 2.07. The minimum Gasteiger partial charge on any atom is -0.491 e. The van der Waals surface area contributed by atoms with Crippen molar-refractivity contribution in [1.82, 2.24) is 20.8 Å². The van der Waals surface area contributed by atoms with E-state index < -0.39 is 0 Å². The van der Waals surface area contributed by atoms with Crippen molar-refractivity contribution in [3.05, 3.63) is 41.0 Å². The number of hydrogen-bond donors (Lipinski definition) is 2. The van der Waals surface area contributed by atoms with Gasteiger partial charge >= 0.3 is 0 Å². The third-order valence-corrected chi connectivity index (χ3v) is 3.57. The molecule has 0 unspecified atom stereocenters. The maximum absolute atomic E-state index is 5.86. The van der Waals surface area contributed by atoms with Gasteiger partial charge in [-0.3, -0.25) is 4.99 Å². The predicted octanol–water partition coefficient (Wildman–Crippen LogP) is 1.97. The van der Waals surface area contributed by atoms with Crippen LogP contribution in [0.5, 0.6) is 5.75 Å². The Balaban J connectivity index is 1.89. The Morgan fingerprint density at radius 2 is 2.00 bits per heavy atom. The zero-order chi connectivity index (χ0) is 18.8. The van der Waals surface area contributed by atoms with E-state index in [1.54, 1.807) is 14.0 Å². The number of aryl methyl sites for hydroxylation is 2. The molecule has 2 rings (SSSR count). The van der Waals surface area contributed by atoms with Crippen LogP contribution in [0.15, 0.2) is 27.7 Å². The molecule has 2 aromatic rings. The van der Waals surface area contributed by atoms with Crippen LogP contribution in [-0.4, -0.2) is 43.0 Å². The van der Waals surface area contributed by atoms with Crippen molar-refractivity contribution < 1.29 is 14.0 Å². The summed E-state index contributed by atoms with van der Waals surface area (Å²) in [5, 5.41) is 10.3. The highest BCUT2D eigenvalue weighted by Crippen LogP contribution is 2.20. The molecular formula is C18H27N5O3. The molecule has 0 aliphatic carbocycles. The van der Waals surface area contributed by atoms with Gasteiger partial charge in [0.1, 0.15) is 12.4 Å². The molecule has 0 amide bonds. The summed E-state index contributed by atoms with van der Waals surface area (Å²) in [7, 11) is 1.71. The van der Waals surface area contributed by atoms with Gasteiger partial charge in [-0.15, -0.1) is 0 Å². The second-order valence-corrected chi connectivity index (χ2v) is 5.67. The number of ether oxygens (including phenoxy) is 2. The minimum absolute atomic E-state index is 0.433. The minimum atomic E-state index is 0.433. The summed E-state index contributed by atoms with van der Waals surface area (Å²) < 4.78 is 16.1. The Bertz CT molecular complexity index is 715. The van der Waals surface area contributed by atoms with Crippen molar-refractivity contribution in [2.45, 2.75) is 33.9 Å². The number of nitrogens with one attached hydrogen (secondary N) is 2. The molecule has 0 bridgehead atoms. The average Bonchev–Trinajstić information content (AvgIpc) is 3.05. The van der Waals surface area contributed by atoms with Crippen LogP contribution >= 0.6 is 0 Å². The van der Waals surface area contributed by atoms with Crippen molar-refractivity contribution in [3.8, 4) is 5.75 Å². The fourth-order valence-electron chi connectivity index (χ4n) is 2.27. The zero-order valence-electron chi connectivity index (χ0n) is 15.8. The SMILES string of the molecule is CCOCCOc1cc(C)ccc1CNC(=NC)NCc1noc(C)n1. The molecule has 142 valence electrons. The Labute approximate surface area is 154 Å².